The Morgan fingerprint density at radius 3 is 1.92 bits per heavy atom. The van der Waals surface area contributed by atoms with Crippen LogP contribution < -0.4 is 5.32 Å². The second-order valence-electron chi connectivity index (χ2n) is 25.1. The molecule has 2 saturated heterocycles. The minimum Gasteiger partial charge on any atom is -0.458 e. The third kappa shape index (κ3) is 18.3. The minimum absolute atomic E-state index is 0.105. The van der Waals surface area contributed by atoms with Gasteiger partial charge >= 0.3 is 30.0 Å². The van der Waals surface area contributed by atoms with E-state index in [9.17, 15) is 29.1 Å². The Bertz CT molecular complexity index is 2880. The monoisotopic (exact) mass is 1230 g/mol. The van der Waals surface area contributed by atoms with Gasteiger partial charge in [0.1, 0.15) is 37.1 Å². The molecule has 2 aliphatic heterocycles. The van der Waals surface area contributed by atoms with E-state index in [0.717, 1.165) is 51.9 Å². The third-order valence-corrected chi connectivity index (χ3v) is 17.9. The van der Waals surface area contributed by atoms with Gasteiger partial charge in [0.25, 0.3) is 5.91 Å². The molecule has 2 N–H and O–H groups in total. The first kappa shape index (κ1) is 69.7. The fourth-order valence-electron chi connectivity index (χ4n) is 13.4. The van der Waals surface area contributed by atoms with Crippen molar-refractivity contribution in [3.63, 3.8) is 0 Å². The van der Waals surface area contributed by atoms with Crippen molar-refractivity contribution in [3.05, 3.63) is 131 Å². The molecule has 2 saturated carbocycles. The highest BCUT2D eigenvalue weighted by molar-refractivity contribution is 5.96. The van der Waals surface area contributed by atoms with Gasteiger partial charge in [0.15, 0.2) is 23.8 Å². The van der Waals surface area contributed by atoms with Gasteiger partial charge in [-0.2, -0.15) is 0 Å². The lowest BCUT2D eigenvalue weighted by Gasteiger charge is -2.64. The van der Waals surface area contributed by atoms with E-state index in [0.29, 0.717) is 18.4 Å². The largest absolute Gasteiger partial charge is 0.509 e. The number of Topliss-reactive ketones (excluding diaryl/α,β-unsaturated/α-hetero) is 1. The molecule has 18 nitrogen and oxygen atoms in total. The van der Waals surface area contributed by atoms with Crippen molar-refractivity contribution in [2.75, 3.05) is 19.8 Å². The Hall–Kier alpha value is -6.73. The van der Waals surface area contributed by atoms with Crippen LogP contribution in [-0.4, -0.2) is 121 Å². The van der Waals surface area contributed by atoms with E-state index in [-0.39, 0.29) is 61.4 Å². The Morgan fingerprint density at radius 2 is 1.33 bits per heavy atom. The van der Waals surface area contributed by atoms with Gasteiger partial charge < -0.3 is 53.1 Å². The van der Waals surface area contributed by atoms with E-state index in [2.05, 4.69) is 24.4 Å². The second kappa shape index (κ2) is 33.4. The number of esters is 4. The van der Waals surface area contributed by atoms with Crippen molar-refractivity contribution in [2.24, 2.45) is 16.7 Å². The zero-order chi connectivity index (χ0) is 64.1. The number of ether oxygens (including phenoxy) is 9. The number of allylic oxidation sites excluding steroid dienone is 2. The minimum atomic E-state index is -1.95. The SMILES string of the molecule is CCCCCCCC/C=C\CCCCCCCC1OCC(COC(=O)O[C@@H](C(=O)O[C@@H](CCC)/C(C)=C2/[C@@H](OC(C)=O)C(=O)[C@@]3(C)[C@H]([C@H](OC(=O)c4ccccc4)CC2(C)C)[C@]2(OC(C)=O)CO[C@@H]2C[C@@H]3O)[C@@H](NC(=O)c2ccccc2)c2ccccc2)O1. The smallest absolute Gasteiger partial charge is 0.458 e. The molecule has 2 aliphatic carbocycles. The lowest BCUT2D eigenvalue weighted by Crippen LogP contribution is -2.78. The van der Waals surface area contributed by atoms with E-state index < -0.39 is 119 Å². The number of nitrogens with one attached hydrogen (secondary N) is 1. The molecule has 0 bridgehead atoms. The van der Waals surface area contributed by atoms with Crippen LogP contribution in [0.2, 0.25) is 0 Å². The summed E-state index contributed by atoms with van der Waals surface area (Å²) in [6.45, 7) is 12.8. The van der Waals surface area contributed by atoms with Crippen LogP contribution in [0.4, 0.5) is 4.79 Å². The fraction of sp³-hybridized carbons (Fsp3) is 0.592. The molecule has 3 aromatic carbocycles. The summed E-state index contributed by atoms with van der Waals surface area (Å²) in [6.07, 6.45) is 10.1. The quantitative estimate of drug-likeness (QED) is 0.0264. The summed E-state index contributed by atoms with van der Waals surface area (Å²) in [6, 6.07) is 23.6. The average molecular weight is 1230 g/mol. The van der Waals surface area contributed by atoms with Gasteiger partial charge in [-0.3, -0.25) is 19.2 Å². The second-order valence-corrected chi connectivity index (χ2v) is 25.1. The fourth-order valence-corrected chi connectivity index (χ4v) is 13.4. The highest BCUT2D eigenvalue weighted by atomic mass is 16.8. The number of fused-ring (bicyclic) bond motifs is 3. The average Bonchev–Trinajstić information content (AvgIpc) is 0.857. The molecule has 89 heavy (non-hydrogen) atoms. The van der Waals surface area contributed by atoms with E-state index in [1.807, 2.05) is 6.92 Å². The van der Waals surface area contributed by atoms with Crippen molar-refractivity contribution in [2.45, 2.75) is 232 Å². The lowest BCUT2D eigenvalue weighted by atomic mass is 9.49. The number of rotatable bonds is 31. The summed E-state index contributed by atoms with van der Waals surface area (Å²) < 4.78 is 55.0. The van der Waals surface area contributed by atoms with Gasteiger partial charge in [-0.1, -0.05) is 164 Å². The first-order valence-corrected chi connectivity index (χ1v) is 32.3. The number of hydrogen-bond donors (Lipinski definition) is 2. The molecular formula is C71H95NO17. The highest BCUT2D eigenvalue weighted by Gasteiger charge is 2.74. The molecule has 2 heterocycles. The van der Waals surface area contributed by atoms with E-state index >= 15 is 9.59 Å². The van der Waals surface area contributed by atoms with Crippen molar-refractivity contribution in [1.29, 1.82) is 0 Å². The van der Waals surface area contributed by atoms with Crippen LogP contribution in [0.5, 0.6) is 0 Å². The van der Waals surface area contributed by atoms with Gasteiger partial charge in [-0.25, -0.2) is 14.4 Å². The Kier molecular flexibility index (Phi) is 26.1. The molecule has 18 heteroatoms. The topological polar surface area (TPSA) is 235 Å². The molecule has 0 spiro atoms. The zero-order valence-electron chi connectivity index (χ0n) is 53.4. The summed E-state index contributed by atoms with van der Waals surface area (Å²) in [4.78, 5) is 100. The number of hydrogen-bond acceptors (Lipinski definition) is 17. The summed E-state index contributed by atoms with van der Waals surface area (Å²) in [5, 5.41) is 15.2. The maximum atomic E-state index is 16.0. The molecule has 1 amide bonds. The number of unbranched alkanes of at least 4 members (excludes halogenated alkanes) is 11. The first-order valence-electron chi connectivity index (χ1n) is 32.3. The van der Waals surface area contributed by atoms with E-state index in [1.165, 1.54) is 52.4 Å². The third-order valence-electron chi connectivity index (χ3n) is 17.9. The Balaban J connectivity index is 1.14. The molecule has 2 unspecified atom stereocenters. The normalized spacial score (nSPS) is 26.1. The van der Waals surface area contributed by atoms with Crippen molar-refractivity contribution < 1.29 is 81.3 Å². The van der Waals surface area contributed by atoms with Gasteiger partial charge in [0, 0.05) is 25.8 Å². The predicted octanol–water partition coefficient (Wildman–Crippen LogP) is 12.7. The number of carbonyl (C=O) groups excluding carboxylic acids is 7. The maximum absolute atomic E-state index is 16.0. The molecule has 3 aromatic rings. The standard InChI is InChI=1S/C71H95NO17/c1-9-11-12-13-14-15-16-17-18-19-20-21-22-23-33-41-58-81-44-53(85-58)45-82-68(80)88-62(60(50-35-27-24-28-36-50)72-65(77)51-37-29-25-30-38-51)67(79)86-54(34-10-2)47(3)59-61(84-48(4)73)64(76)70(8)56(75)42-57-71(46-83-57,89-49(5)74)63(70)55(43-69(59,6)7)87-66(78)52-39-31-26-32-40-52/h17-18,24-32,35-40,53-58,60-63,75H,9-16,19-23,33-34,41-46H2,1-8H3,(H,72,77)/b18-17-,59-47-/t53?,54-,55+,56-,57+,58?,60-,61+,62+,63-,70+,71-/m0/s1. The molecular weight excluding hydrogens is 1140 g/mol. The molecule has 0 aromatic heterocycles. The van der Waals surface area contributed by atoms with Gasteiger partial charge in [0.05, 0.1) is 36.2 Å². The van der Waals surface area contributed by atoms with E-state index in [4.69, 9.17) is 42.6 Å². The van der Waals surface area contributed by atoms with Crippen molar-refractivity contribution >= 4 is 41.7 Å². The number of amides is 1. The first-order chi connectivity index (χ1) is 42.7. The number of aliphatic hydroxyl groups is 1. The predicted molar refractivity (Wildman–Crippen MR) is 332 cm³/mol. The van der Waals surface area contributed by atoms with Crippen molar-refractivity contribution in [3.8, 4) is 0 Å². The Morgan fingerprint density at radius 1 is 0.719 bits per heavy atom. The molecule has 486 valence electrons. The summed E-state index contributed by atoms with van der Waals surface area (Å²) >= 11 is 0. The van der Waals surface area contributed by atoms with E-state index in [1.54, 1.807) is 112 Å². The van der Waals surface area contributed by atoms with Crippen LogP contribution in [-0.2, 0) is 61.8 Å². The molecule has 4 aliphatic rings. The lowest BCUT2D eigenvalue weighted by molar-refractivity contribution is -0.331. The molecule has 7 rings (SSSR count). The number of aliphatic hydroxyl groups excluding tert-OH is 1. The van der Waals surface area contributed by atoms with Gasteiger partial charge in [-0.05, 0) is 112 Å². The number of carbonyl (C=O) groups is 7. The van der Waals surface area contributed by atoms with Crippen molar-refractivity contribution in [1.82, 2.24) is 5.32 Å². The Labute approximate surface area is 525 Å². The molecule has 0 radical (unpaired) electrons. The summed E-state index contributed by atoms with van der Waals surface area (Å²) in [5.74, 6) is -6.00. The van der Waals surface area contributed by atoms with Crippen LogP contribution >= 0.6 is 0 Å². The van der Waals surface area contributed by atoms with Crippen LogP contribution in [0, 0.1) is 16.7 Å². The number of ketones is 1. The zero-order valence-corrected chi connectivity index (χ0v) is 53.4. The highest BCUT2D eigenvalue weighted by Crippen LogP contribution is 2.60. The number of benzene rings is 3. The van der Waals surface area contributed by atoms with Crippen LogP contribution in [0.1, 0.15) is 203 Å². The van der Waals surface area contributed by atoms with Crippen LogP contribution in [0.15, 0.2) is 114 Å². The summed E-state index contributed by atoms with van der Waals surface area (Å²) in [7, 11) is 0. The molecule has 12 atom stereocenters. The van der Waals surface area contributed by atoms with Gasteiger partial charge in [0.2, 0.25) is 6.10 Å². The summed E-state index contributed by atoms with van der Waals surface area (Å²) in [5.41, 5.74) is -3.53. The van der Waals surface area contributed by atoms with Crippen LogP contribution in [0.25, 0.3) is 0 Å². The maximum Gasteiger partial charge on any atom is 0.509 e. The molecule has 4 fully saturated rings. The van der Waals surface area contributed by atoms with Gasteiger partial charge in [-0.15, -0.1) is 0 Å². The van der Waals surface area contributed by atoms with Crippen LogP contribution in [0.3, 0.4) is 0 Å².